The molecule has 2 aromatic carbocycles. The minimum absolute atomic E-state index is 0.0475. The fraction of sp³-hybridized carbons (Fsp3) is 0.214. The van der Waals surface area contributed by atoms with E-state index >= 15 is 0 Å². The van der Waals surface area contributed by atoms with Crippen LogP contribution in [0.2, 0.25) is 0 Å². The summed E-state index contributed by atoms with van der Waals surface area (Å²) < 4.78 is 0. The predicted octanol–water partition coefficient (Wildman–Crippen LogP) is 0.809. The van der Waals surface area contributed by atoms with Crippen LogP contribution in [0.5, 0.6) is 11.5 Å². The predicted molar refractivity (Wildman–Crippen MR) is 68.7 cm³/mol. The number of phenolic OH excluding ortho intramolecular Hbond substituents is 2. The van der Waals surface area contributed by atoms with E-state index in [-0.39, 0.29) is 40.6 Å². The van der Waals surface area contributed by atoms with Crippen LogP contribution in [0, 0.1) is 0 Å². The van der Waals surface area contributed by atoms with Crippen LogP contribution >= 0.6 is 0 Å². The van der Waals surface area contributed by atoms with Crippen molar-refractivity contribution in [1.82, 2.24) is 0 Å². The van der Waals surface area contributed by atoms with Crippen molar-refractivity contribution in [3.63, 3.8) is 0 Å². The van der Waals surface area contributed by atoms with Crippen LogP contribution in [-0.2, 0) is 4.79 Å². The molecule has 0 saturated carbocycles. The highest BCUT2D eigenvalue weighted by molar-refractivity contribution is 5.93. The number of fused-ring (bicyclic) bond motifs is 2. The molecule has 1 unspecified atom stereocenters. The summed E-state index contributed by atoms with van der Waals surface area (Å²) in [6, 6.07) is 6.59. The number of nitrogens with zero attached hydrogens (tertiary/aromatic N) is 2. The van der Waals surface area contributed by atoms with Gasteiger partial charge in [-0.25, -0.2) is 4.99 Å². The van der Waals surface area contributed by atoms with Crippen molar-refractivity contribution in [2.24, 2.45) is 9.98 Å². The first-order chi connectivity index (χ1) is 9.08. The molecule has 1 amide bonds. The van der Waals surface area contributed by atoms with Gasteiger partial charge in [0.25, 0.3) is 0 Å². The van der Waals surface area contributed by atoms with Crippen molar-refractivity contribution in [1.29, 1.82) is 0 Å². The molecule has 0 bridgehead atoms. The second kappa shape index (κ2) is 4.05. The van der Waals surface area contributed by atoms with Gasteiger partial charge >= 0.3 is 0 Å². The number of rotatable bonds is 0. The summed E-state index contributed by atoms with van der Waals surface area (Å²) in [6.07, 6.45) is 0.171. The van der Waals surface area contributed by atoms with Gasteiger partial charge < -0.3 is 10.2 Å². The Hall–Kier alpha value is -2.43. The Morgan fingerprint density at radius 2 is 1.68 bits per heavy atom. The maximum Gasteiger partial charge on any atom is 0.248 e. The second-order valence-electron chi connectivity index (χ2n) is 4.63. The average Bonchev–Trinajstić information content (AvgIpc) is 2.54. The Kier molecular flexibility index (Phi) is 2.48. The molecule has 5 heteroatoms. The Labute approximate surface area is 108 Å². The summed E-state index contributed by atoms with van der Waals surface area (Å²) in [5.41, 5.74) is 0. The maximum atomic E-state index is 11.6. The van der Waals surface area contributed by atoms with Gasteiger partial charge in [-0.05, 0) is 6.92 Å². The van der Waals surface area contributed by atoms with Gasteiger partial charge in [-0.15, -0.1) is 0 Å². The molecule has 0 aliphatic carbocycles. The third kappa shape index (κ3) is 1.74. The van der Waals surface area contributed by atoms with Crippen LogP contribution in [0.15, 0.2) is 34.3 Å². The highest BCUT2D eigenvalue weighted by atomic mass is 16.3. The molecule has 2 N–H and O–H groups in total. The van der Waals surface area contributed by atoms with Crippen LogP contribution in [0.1, 0.15) is 13.3 Å². The quantitative estimate of drug-likeness (QED) is 0.684. The molecule has 2 aromatic rings. The number of phenols is 2. The van der Waals surface area contributed by atoms with E-state index in [1.165, 1.54) is 0 Å². The molecule has 19 heavy (non-hydrogen) atoms. The van der Waals surface area contributed by atoms with Gasteiger partial charge in [0.1, 0.15) is 10.7 Å². The van der Waals surface area contributed by atoms with E-state index in [1.54, 1.807) is 31.2 Å². The first-order valence-corrected chi connectivity index (χ1v) is 6.00. The van der Waals surface area contributed by atoms with Crippen LogP contribution < -0.4 is 10.7 Å². The average molecular weight is 256 g/mol. The Morgan fingerprint density at radius 3 is 2.32 bits per heavy atom. The van der Waals surface area contributed by atoms with Crippen LogP contribution in [0.25, 0.3) is 10.8 Å². The molecule has 1 aliphatic rings. The lowest BCUT2D eigenvalue weighted by Gasteiger charge is -2.05. The van der Waals surface area contributed by atoms with Gasteiger partial charge in [0, 0.05) is 10.8 Å². The minimum atomic E-state index is -0.347. The van der Waals surface area contributed by atoms with Crippen molar-refractivity contribution >= 4 is 16.7 Å². The largest absolute Gasteiger partial charge is 0.505 e. The summed E-state index contributed by atoms with van der Waals surface area (Å²) in [5.74, 6) is -0.511. The molecule has 0 radical (unpaired) electrons. The lowest BCUT2D eigenvalue weighted by Crippen LogP contribution is -2.27. The van der Waals surface area contributed by atoms with Crippen molar-refractivity contribution in [3.05, 3.63) is 35.0 Å². The maximum absolute atomic E-state index is 11.6. The van der Waals surface area contributed by atoms with E-state index in [9.17, 15) is 15.0 Å². The number of aromatic hydroxyl groups is 2. The second-order valence-corrected chi connectivity index (χ2v) is 4.63. The molecule has 3 rings (SSSR count). The van der Waals surface area contributed by atoms with Crippen molar-refractivity contribution < 1.29 is 15.0 Å². The van der Waals surface area contributed by atoms with Crippen LogP contribution in [-0.4, -0.2) is 22.2 Å². The molecular weight excluding hydrogens is 244 g/mol. The minimum Gasteiger partial charge on any atom is -0.505 e. The Bertz CT molecular complexity index is 812. The van der Waals surface area contributed by atoms with E-state index in [2.05, 4.69) is 9.98 Å². The monoisotopic (exact) mass is 256 g/mol. The summed E-state index contributed by atoms with van der Waals surface area (Å²) >= 11 is 0. The number of hydrogen-bond donors (Lipinski definition) is 2. The third-order valence-electron chi connectivity index (χ3n) is 3.17. The highest BCUT2D eigenvalue weighted by Crippen LogP contribution is 2.25. The van der Waals surface area contributed by atoms with Gasteiger partial charge in [0.05, 0.1) is 12.5 Å². The van der Waals surface area contributed by atoms with Gasteiger partial charge in [-0.1, -0.05) is 24.3 Å². The third-order valence-corrected chi connectivity index (χ3v) is 3.17. The fourth-order valence-corrected chi connectivity index (χ4v) is 2.29. The van der Waals surface area contributed by atoms with E-state index in [0.717, 1.165) is 0 Å². The molecule has 0 saturated heterocycles. The summed E-state index contributed by atoms with van der Waals surface area (Å²) in [5, 5.41) is 21.7. The molecule has 1 heterocycles. The Morgan fingerprint density at radius 1 is 1.11 bits per heavy atom. The molecule has 1 atom stereocenters. The summed E-state index contributed by atoms with van der Waals surface area (Å²) in [7, 11) is 0. The van der Waals surface area contributed by atoms with Crippen LogP contribution in [0.3, 0.4) is 0 Å². The first-order valence-electron chi connectivity index (χ1n) is 6.00. The number of carbonyl (C=O) groups is 1. The normalized spacial score (nSPS) is 18.4. The highest BCUT2D eigenvalue weighted by Gasteiger charge is 2.17. The summed E-state index contributed by atoms with van der Waals surface area (Å²) in [6.45, 7) is 1.77. The fourth-order valence-electron chi connectivity index (χ4n) is 2.29. The molecule has 96 valence electrons. The van der Waals surface area contributed by atoms with Gasteiger partial charge in [-0.2, -0.15) is 0 Å². The zero-order valence-electron chi connectivity index (χ0n) is 10.3. The number of benzene rings is 2. The zero-order valence-corrected chi connectivity index (χ0v) is 10.3. The SMILES string of the molecule is CC1CC(=O)N=c2c(O)c3ccccc3c(O)c2=N1. The lowest BCUT2D eigenvalue weighted by atomic mass is 10.1. The van der Waals surface area contributed by atoms with Crippen molar-refractivity contribution in [2.45, 2.75) is 19.4 Å². The molecule has 5 nitrogen and oxygen atoms in total. The van der Waals surface area contributed by atoms with Gasteiger partial charge in [0.2, 0.25) is 5.91 Å². The van der Waals surface area contributed by atoms with Gasteiger partial charge in [0.15, 0.2) is 11.5 Å². The zero-order chi connectivity index (χ0) is 13.6. The molecule has 0 spiro atoms. The first kappa shape index (κ1) is 11.6. The van der Waals surface area contributed by atoms with E-state index < -0.39 is 0 Å². The number of carbonyl (C=O) groups excluding carboxylic acids is 1. The van der Waals surface area contributed by atoms with Crippen LogP contribution in [0.4, 0.5) is 0 Å². The number of amides is 1. The van der Waals surface area contributed by atoms with Crippen molar-refractivity contribution in [2.75, 3.05) is 0 Å². The topological polar surface area (TPSA) is 82.2 Å². The van der Waals surface area contributed by atoms with Gasteiger partial charge in [-0.3, -0.25) is 9.79 Å². The van der Waals surface area contributed by atoms with E-state index in [0.29, 0.717) is 10.8 Å². The van der Waals surface area contributed by atoms with E-state index in [4.69, 9.17) is 0 Å². The standard InChI is InChI=1S/C14H12N2O3/c1-7-6-10(17)16-12-11(15-7)13(18)8-4-2-3-5-9(8)14(12)19/h2-5,7,18-19H,6H2,1H3. The Balaban J connectivity index is 2.60. The van der Waals surface area contributed by atoms with Crippen molar-refractivity contribution in [3.8, 4) is 11.5 Å². The lowest BCUT2D eigenvalue weighted by molar-refractivity contribution is -0.118. The van der Waals surface area contributed by atoms with E-state index in [1.807, 2.05) is 0 Å². The molecule has 0 aromatic heterocycles. The smallest absolute Gasteiger partial charge is 0.248 e. The summed E-state index contributed by atoms with van der Waals surface area (Å²) in [4.78, 5) is 19.8. The molecular formula is C14H12N2O3. The molecule has 0 fully saturated rings. The molecule has 1 aliphatic heterocycles. The number of hydrogen-bond acceptors (Lipinski definition) is 4.